The topological polar surface area (TPSA) is 3.24 Å². The Balaban J connectivity index is 1.05. The Bertz CT molecular complexity index is 2920. The molecule has 1 heterocycles. The molecule has 59 heavy (non-hydrogen) atoms. The lowest BCUT2D eigenvalue weighted by molar-refractivity contribution is 0.660. The summed E-state index contributed by atoms with van der Waals surface area (Å²) >= 11 is 1.96. The number of allylic oxidation sites excluding steroid dienone is 3. The number of hydrogen-bond donors (Lipinski definition) is 0. The van der Waals surface area contributed by atoms with E-state index in [0.29, 0.717) is 0 Å². The highest BCUT2D eigenvalue weighted by molar-refractivity contribution is 7.19. The lowest BCUT2D eigenvalue weighted by Crippen LogP contribution is -2.15. The van der Waals surface area contributed by atoms with E-state index in [-0.39, 0.29) is 5.41 Å². The van der Waals surface area contributed by atoms with Crippen LogP contribution in [0.5, 0.6) is 0 Å². The van der Waals surface area contributed by atoms with Gasteiger partial charge >= 0.3 is 0 Å². The molecule has 288 valence electrons. The van der Waals surface area contributed by atoms with E-state index in [1.807, 2.05) is 11.3 Å². The number of hydrogen-bond acceptors (Lipinski definition) is 2. The summed E-state index contributed by atoms with van der Waals surface area (Å²) in [5.41, 5.74) is 20.4. The molecule has 1 aromatic heterocycles. The number of thiophene rings is 1. The molecule has 0 saturated heterocycles. The van der Waals surface area contributed by atoms with Gasteiger partial charge in [0.05, 0.1) is 0 Å². The normalized spacial score (nSPS) is 14.1. The smallest absolute Gasteiger partial charge is 0.0467 e. The molecular weight excluding hydrogens is 731 g/mol. The highest BCUT2D eigenvalue weighted by atomic mass is 32.1. The summed E-state index contributed by atoms with van der Waals surface area (Å²) in [5, 5.41) is 1.37. The third-order valence-electron chi connectivity index (χ3n) is 12.6. The Morgan fingerprint density at radius 1 is 0.610 bits per heavy atom. The highest BCUT2D eigenvalue weighted by Crippen LogP contribution is 2.51. The average molecular weight is 780 g/mol. The lowest BCUT2D eigenvalue weighted by Gasteiger charge is -2.27. The molecule has 1 nitrogen and oxygen atoms in total. The van der Waals surface area contributed by atoms with Crippen molar-refractivity contribution in [2.75, 3.05) is 4.90 Å². The summed E-state index contributed by atoms with van der Waals surface area (Å²) in [6, 6.07) is 61.2. The van der Waals surface area contributed by atoms with Crippen LogP contribution in [-0.2, 0) is 11.8 Å². The first-order valence-corrected chi connectivity index (χ1v) is 22.0. The SMILES string of the molecule is CCC/C=C(\C)c1ccc2c(c1)C(C)(C)c1ccc(-c3cccc(N(c4ccc(C5=CCCc6sc7ccccc7c65)cc4)c4cccc(-c5ccccc5)c4)c3)cc1-2. The molecule has 10 rings (SSSR count). The fraction of sp³-hybridized carbons (Fsp3) is 0.158. The van der Waals surface area contributed by atoms with E-state index in [2.05, 4.69) is 209 Å². The minimum absolute atomic E-state index is 0.0649. The van der Waals surface area contributed by atoms with E-state index >= 15 is 0 Å². The van der Waals surface area contributed by atoms with Crippen molar-refractivity contribution in [3.63, 3.8) is 0 Å². The summed E-state index contributed by atoms with van der Waals surface area (Å²) in [6.45, 7) is 9.26. The zero-order chi connectivity index (χ0) is 40.1. The molecular formula is C57H49NS. The van der Waals surface area contributed by atoms with Crippen LogP contribution >= 0.6 is 11.3 Å². The van der Waals surface area contributed by atoms with Crippen molar-refractivity contribution in [2.45, 2.75) is 58.8 Å². The Morgan fingerprint density at radius 2 is 1.29 bits per heavy atom. The van der Waals surface area contributed by atoms with Crippen molar-refractivity contribution in [3.05, 3.63) is 209 Å². The molecule has 0 saturated carbocycles. The first-order chi connectivity index (χ1) is 28.9. The number of aryl methyl sites for hydroxylation is 1. The summed E-state index contributed by atoms with van der Waals surface area (Å²) in [5.74, 6) is 0. The Hall–Kier alpha value is -6.22. The standard InChI is InChI=1S/C57H49NS/c1-5-6-15-38(2)41-28-32-49-51-36-44(29-33-52(51)57(3,4)53(49)37-41)43-19-13-21-47(35-43)58(46-20-12-18-42(34-46)39-16-8-7-9-17-39)45-30-26-40(27-31-45)48-23-14-25-55-56(48)50-22-10-11-24-54(50)59-55/h7-13,15-24,26-37H,5-6,14,25H2,1-4H3/b38-15+. The van der Waals surface area contributed by atoms with Crippen molar-refractivity contribution in [3.8, 4) is 33.4 Å². The molecule has 2 aliphatic rings. The van der Waals surface area contributed by atoms with Gasteiger partial charge < -0.3 is 4.90 Å². The fourth-order valence-electron chi connectivity index (χ4n) is 9.45. The zero-order valence-corrected chi connectivity index (χ0v) is 35.2. The number of benzene rings is 7. The molecule has 2 aliphatic carbocycles. The van der Waals surface area contributed by atoms with Gasteiger partial charge in [-0.05, 0) is 141 Å². The highest BCUT2D eigenvalue weighted by Gasteiger charge is 2.36. The van der Waals surface area contributed by atoms with E-state index in [0.717, 1.165) is 36.3 Å². The Kier molecular flexibility index (Phi) is 9.54. The van der Waals surface area contributed by atoms with E-state index in [9.17, 15) is 0 Å². The monoisotopic (exact) mass is 779 g/mol. The van der Waals surface area contributed by atoms with Crippen LogP contribution in [-0.4, -0.2) is 0 Å². The predicted molar refractivity (Wildman–Crippen MR) is 255 cm³/mol. The Labute approximate surface area is 353 Å². The number of unbranched alkanes of at least 4 members (excludes halogenated alkanes) is 1. The first-order valence-electron chi connectivity index (χ1n) is 21.2. The van der Waals surface area contributed by atoms with Crippen LogP contribution in [0.15, 0.2) is 176 Å². The maximum Gasteiger partial charge on any atom is 0.0467 e. The van der Waals surface area contributed by atoms with Gasteiger partial charge in [0, 0.05) is 43.0 Å². The van der Waals surface area contributed by atoms with Crippen LogP contribution < -0.4 is 4.90 Å². The van der Waals surface area contributed by atoms with E-state index < -0.39 is 0 Å². The third kappa shape index (κ3) is 6.66. The first kappa shape index (κ1) is 37.1. The van der Waals surface area contributed by atoms with Crippen molar-refractivity contribution < 1.29 is 0 Å². The maximum absolute atomic E-state index is 2.45. The average Bonchev–Trinajstić information content (AvgIpc) is 3.78. The molecule has 0 bridgehead atoms. The fourth-order valence-corrected chi connectivity index (χ4v) is 10.7. The van der Waals surface area contributed by atoms with Gasteiger partial charge in [0.15, 0.2) is 0 Å². The van der Waals surface area contributed by atoms with Gasteiger partial charge in [0.25, 0.3) is 0 Å². The molecule has 0 fully saturated rings. The molecule has 8 aromatic rings. The zero-order valence-electron chi connectivity index (χ0n) is 34.4. The quantitative estimate of drug-likeness (QED) is 0.141. The van der Waals surface area contributed by atoms with Crippen molar-refractivity contribution >= 4 is 49.6 Å². The molecule has 0 N–H and O–H groups in total. The largest absolute Gasteiger partial charge is 0.310 e. The van der Waals surface area contributed by atoms with Gasteiger partial charge in [0.1, 0.15) is 0 Å². The molecule has 7 aromatic carbocycles. The molecule has 0 amide bonds. The summed E-state index contributed by atoms with van der Waals surface area (Å²) < 4.78 is 1.38. The number of nitrogens with zero attached hydrogens (tertiary/aromatic N) is 1. The number of fused-ring (bicyclic) bond motifs is 6. The van der Waals surface area contributed by atoms with Crippen LogP contribution in [0, 0.1) is 0 Å². The molecule has 0 spiro atoms. The van der Waals surface area contributed by atoms with Crippen molar-refractivity contribution in [1.82, 2.24) is 0 Å². The summed E-state index contributed by atoms with van der Waals surface area (Å²) in [7, 11) is 0. The van der Waals surface area contributed by atoms with E-state index in [4.69, 9.17) is 0 Å². The van der Waals surface area contributed by atoms with E-state index in [1.165, 1.54) is 93.7 Å². The minimum atomic E-state index is -0.0649. The maximum atomic E-state index is 2.45. The molecule has 0 aliphatic heterocycles. The van der Waals surface area contributed by atoms with Gasteiger partial charge in [-0.1, -0.05) is 155 Å². The number of rotatable bonds is 9. The number of anilines is 3. The van der Waals surface area contributed by atoms with Crippen LogP contribution in [0.25, 0.3) is 54.6 Å². The van der Waals surface area contributed by atoms with Gasteiger partial charge in [-0.15, -0.1) is 11.3 Å². The van der Waals surface area contributed by atoms with Gasteiger partial charge in [-0.25, -0.2) is 0 Å². The van der Waals surface area contributed by atoms with Crippen molar-refractivity contribution in [2.24, 2.45) is 0 Å². The second kappa shape index (κ2) is 15.2. The van der Waals surface area contributed by atoms with Gasteiger partial charge in [-0.2, -0.15) is 0 Å². The van der Waals surface area contributed by atoms with Crippen molar-refractivity contribution in [1.29, 1.82) is 0 Å². The molecule has 2 heteroatoms. The predicted octanol–water partition coefficient (Wildman–Crippen LogP) is 16.6. The van der Waals surface area contributed by atoms with Crippen LogP contribution in [0.3, 0.4) is 0 Å². The Morgan fingerprint density at radius 3 is 2.05 bits per heavy atom. The minimum Gasteiger partial charge on any atom is -0.310 e. The summed E-state index contributed by atoms with van der Waals surface area (Å²) in [6.07, 6.45) is 9.30. The second-order valence-electron chi connectivity index (χ2n) is 16.7. The van der Waals surface area contributed by atoms with Gasteiger partial charge in [0.2, 0.25) is 0 Å². The van der Waals surface area contributed by atoms with E-state index in [1.54, 1.807) is 0 Å². The van der Waals surface area contributed by atoms with Gasteiger partial charge in [-0.3, -0.25) is 0 Å². The van der Waals surface area contributed by atoms with Crippen LogP contribution in [0.2, 0.25) is 0 Å². The lowest BCUT2D eigenvalue weighted by atomic mass is 9.81. The molecule has 0 atom stereocenters. The molecule has 0 radical (unpaired) electrons. The van der Waals surface area contributed by atoms with Crippen LogP contribution in [0.4, 0.5) is 17.1 Å². The second-order valence-corrected chi connectivity index (χ2v) is 17.9. The summed E-state index contributed by atoms with van der Waals surface area (Å²) in [4.78, 5) is 3.92. The molecule has 0 unspecified atom stereocenters. The van der Waals surface area contributed by atoms with Crippen LogP contribution in [0.1, 0.15) is 79.7 Å². The third-order valence-corrected chi connectivity index (χ3v) is 13.8.